The summed E-state index contributed by atoms with van der Waals surface area (Å²) in [5, 5.41) is 3.00. The minimum absolute atomic E-state index is 0.0992. The Hall–Kier alpha value is -1.77. The quantitative estimate of drug-likeness (QED) is 0.664. The monoisotopic (exact) mass is 391 g/mol. The highest BCUT2D eigenvalue weighted by atomic mass is 16.5. The molecule has 2 saturated heterocycles. The van der Waals surface area contributed by atoms with E-state index in [1.807, 2.05) is 6.07 Å². The van der Waals surface area contributed by atoms with Crippen LogP contribution in [0.15, 0.2) is 12.4 Å². The summed E-state index contributed by atoms with van der Waals surface area (Å²) < 4.78 is 10.2. The van der Waals surface area contributed by atoms with Crippen LogP contribution in [0.5, 0.6) is 0 Å². The van der Waals surface area contributed by atoms with Gasteiger partial charge in [-0.15, -0.1) is 0 Å². The molecular weight excluding hydrogens is 358 g/mol. The van der Waals surface area contributed by atoms with Crippen molar-refractivity contribution < 1.29 is 14.3 Å². The highest BCUT2D eigenvalue weighted by Gasteiger charge is 2.31. The van der Waals surface area contributed by atoms with Crippen LogP contribution in [0, 0.1) is 5.92 Å². The Morgan fingerprint density at radius 2 is 2.00 bits per heavy atom. The standard InChI is InChI=1S/C20H33N5O3/c1-27-11-7-21-20(26)16-4-3-8-25(13-16)18-5-9-24(10-6-18)19-12-17(14-28-2)22-15-23-19/h12,15-16,18H,3-11,13-14H2,1-2H3,(H,21,26)/t16-/m1/s1. The lowest BCUT2D eigenvalue weighted by Gasteiger charge is -2.42. The lowest BCUT2D eigenvalue weighted by atomic mass is 9.93. The van der Waals surface area contributed by atoms with Gasteiger partial charge in [-0.05, 0) is 32.2 Å². The third-order valence-corrected chi connectivity index (χ3v) is 5.74. The number of methoxy groups -OCH3 is 2. The van der Waals surface area contributed by atoms with Crippen molar-refractivity contribution >= 4 is 11.7 Å². The molecule has 0 spiro atoms. The maximum absolute atomic E-state index is 12.4. The van der Waals surface area contributed by atoms with E-state index in [9.17, 15) is 4.79 Å². The van der Waals surface area contributed by atoms with E-state index in [0.717, 1.165) is 63.4 Å². The molecule has 0 aromatic carbocycles. The molecule has 8 nitrogen and oxygen atoms in total. The molecule has 0 saturated carbocycles. The van der Waals surface area contributed by atoms with E-state index in [1.54, 1.807) is 20.5 Å². The maximum Gasteiger partial charge on any atom is 0.224 e. The molecule has 1 atom stereocenters. The van der Waals surface area contributed by atoms with Crippen LogP contribution in [-0.4, -0.2) is 80.4 Å². The van der Waals surface area contributed by atoms with Gasteiger partial charge in [0.2, 0.25) is 5.91 Å². The fourth-order valence-corrected chi connectivity index (χ4v) is 4.22. The van der Waals surface area contributed by atoms with Gasteiger partial charge < -0.3 is 19.7 Å². The summed E-state index contributed by atoms with van der Waals surface area (Å²) in [4.78, 5) is 25.9. The van der Waals surface area contributed by atoms with Gasteiger partial charge >= 0.3 is 0 Å². The van der Waals surface area contributed by atoms with E-state index < -0.39 is 0 Å². The third kappa shape index (κ3) is 5.62. The number of carbonyl (C=O) groups excluding carboxylic acids is 1. The Balaban J connectivity index is 1.49. The Labute approximate surface area is 167 Å². The van der Waals surface area contributed by atoms with Gasteiger partial charge in [0, 0.05) is 52.5 Å². The lowest BCUT2D eigenvalue weighted by Crippen LogP contribution is -2.51. The molecule has 3 rings (SSSR count). The summed E-state index contributed by atoms with van der Waals surface area (Å²) in [7, 11) is 3.33. The SMILES string of the molecule is COCCNC(=O)[C@@H]1CCCN(C2CCN(c3cc(COC)ncn3)CC2)C1. The van der Waals surface area contributed by atoms with Crippen LogP contribution < -0.4 is 10.2 Å². The fourth-order valence-electron chi connectivity index (χ4n) is 4.22. The van der Waals surface area contributed by atoms with Crippen molar-refractivity contribution in [3.63, 3.8) is 0 Å². The summed E-state index contributed by atoms with van der Waals surface area (Å²) in [5.74, 6) is 1.25. The highest BCUT2D eigenvalue weighted by Crippen LogP contribution is 2.26. The van der Waals surface area contributed by atoms with Gasteiger partial charge in [0.05, 0.1) is 24.8 Å². The summed E-state index contributed by atoms with van der Waals surface area (Å²) in [5.41, 5.74) is 0.910. The zero-order valence-corrected chi connectivity index (χ0v) is 17.1. The first-order chi connectivity index (χ1) is 13.7. The topological polar surface area (TPSA) is 79.8 Å². The second kappa shape index (κ2) is 10.7. The Morgan fingerprint density at radius 3 is 2.75 bits per heavy atom. The number of carbonyl (C=O) groups is 1. The largest absolute Gasteiger partial charge is 0.383 e. The molecule has 1 aromatic heterocycles. The van der Waals surface area contributed by atoms with E-state index in [2.05, 4.69) is 25.1 Å². The number of amides is 1. The number of ether oxygens (including phenoxy) is 2. The normalized spacial score (nSPS) is 21.6. The van der Waals surface area contributed by atoms with E-state index in [4.69, 9.17) is 9.47 Å². The number of nitrogens with zero attached hydrogens (tertiary/aromatic N) is 4. The zero-order valence-electron chi connectivity index (χ0n) is 17.1. The van der Waals surface area contributed by atoms with Crippen molar-refractivity contribution in [1.29, 1.82) is 0 Å². The van der Waals surface area contributed by atoms with Crippen molar-refractivity contribution in [1.82, 2.24) is 20.2 Å². The van der Waals surface area contributed by atoms with Crippen LogP contribution in [0.2, 0.25) is 0 Å². The Bertz CT molecular complexity index is 622. The first-order valence-corrected chi connectivity index (χ1v) is 10.3. The summed E-state index contributed by atoms with van der Waals surface area (Å²) in [6.45, 7) is 5.59. The molecule has 3 heterocycles. The molecule has 2 aliphatic rings. The molecule has 0 aliphatic carbocycles. The average Bonchev–Trinajstić information content (AvgIpc) is 2.74. The minimum Gasteiger partial charge on any atom is -0.383 e. The van der Waals surface area contributed by atoms with Gasteiger partial charge in [0.25, 0.3) is 0 Å². The predicted octanol–water partition coefficient (Wildman–Crippen LogP) is 1.07. The van der Waals surface area contributed by atoms with E-state index in [-0.39, 0.29) is 11.8 Å². The molecule has 8 heteroatoms. The van der Waals surface area contributed by atoms with Crippen molar-refractivity contribution in [3.8, 4) is 0 Å². The molecule has 156 valence electrons. The second-order valence-corrected chi connectivity index (χ2v) is 7.64. The summed E-state index contributed by atoms with van der Waals surface area (Å²) >= 11 is 0. The third-order valence-electron chi connectivity index (χ3n) is 5.74. The van der Waals surface area contributed by atoms with Crippen LogP contribution in [-0.2, 0) is 20.9 Å². The zero-order chi connectivity index (χ0) is 19.8. The summed E-state index contributed by atoms with van der Waals surface area (Å²) in [6.07, 6.45) is 5.89. The number of rotatable bonds is 8. The first kappa shape index (κ1) is 21.0. The number of nitrogens with one attached hydrogen (secondary N) is 1. The van der Waals surface area contributed by atoms with Crippen molar-refractivity contribution in [2.24, 2.45) is 5.92 Å². The maximum atomic E-state index is 12.4. The van der Waals surface area contributed by atoms with Crippen LogP contribution >= 0.6 is 0 Å². The van der Waals surface area contributed by atoms with Gasteiger partial charge in [0.15, 0.2) is 0 Å². The number of piperidine rings is 2. The van der Waals surface area contributed by atoms with E-state index in [1.165, 1.54) is 0 Å². The van der Waals surface area contributed by atoms with Gasteiger partial charge in [-0.25, -0.2) is 9.97 Å². The van der Waals surface area contributed by atoms with Gasteiger partial charge in [0.1, 0.15) is 12.1 Å². The predicted molar refractivity (Wildman–Crippen MR) is 107 cm³/mol. The number of hydrogen-bond donors (Lipinski definition) is 1. The van der Waals surface area contributed by atoms with Crippen molar-refractivity contribution in [3.05, 3.63) is 18.1 Å². The molecule has 1 amide bonds. The smallest absolute Gasteiger partial charge is 0.224 e. The van der Waals surface area contributed by atoms with Gasteiger partial charge in [-0.3, -0.25) is 9.69 Å². The Morgan fingerprint density at radius 1 is 1.18 bits per heavy atom. The van der Waals surface area contributed by atoms with Gasteiger partial charge in [-0.2, -0.15) is 0 Å². The van der Waals surface area contributed by atoms with Crippen molar-refractivity contribution in [2.75, 3.05) is 58.5 Å². The molecule has 0 radical (unpaired) electrons. The molecule has 0 unspecified atom stereocenters. The van der Waals surface area contributed by atoms with Crippen LogP contribution in [0.3, 0.4) is 0 Å². The number of anilines is 1. The van der Waals surface area contributed by atoms with E-state index in [0.29, 0.717) is 25.8 Å². The lowest BCUT2D eigenvalue weighted by molar-refractivity contribution is -0.127. The van der Waals surface area contributed by atoms with Gasteiger partial charge in [-0.1, -0.05) is 0 Å². The highest BCUT2D eigenvalue weighted by molar-refractivity contribution is 5.78. The van der Waals surface area contributed by atoms with Crippen LogP contribution in [0.1, 0.15) is 31.4 Å². The first-order valence-electron chi connectivity index (χ1n) is 10.3. The molecule has 2 fully saturated rings. The number of likely N-dealkylation sites (tertiary alicyclic amines) is 1. The van der Waals surface area contributed by atoms with E-state index >= 15 is 0 Å². The summed E-state index contributed by atoms with van der Waals surface area (Å²) in [6, 6.07) is 2.57. The van der Waals surface area contributed by atoms with Crippen LogP contribution in [0.4, 0.5) is 5.82 Å². The van der Waals surface area contributed by atoms with Crippen molar-refractivity contribution in [2.45, 2.75) is 38.3 Å². The average molecular weight is 392 g/mol. The van der Waals surface area contributed by atoms with Crippen LogP contribution in [0.25, 0.3) is 0 Å². The number of hydrogen-bond acceptors (Lipinski definition) is 7. The fraction of sp³-hybridized carbons (Fsp3) is 0.750. The Kier molecular flexibility index (Phi) is 8.00. The molecule has 28 heavy (non-hydrogen) atoms. The minimum atomic E-state index is 0.0992. The molecular formula is C20H33N5O3. The second-order valence-electron chi connectivity index (χ2n) is 7.64. The molecule has 0 bridgehead atoms. The molecule has 1 aromatic rings. The molecule has 1 N–H and O–H groups in total. The number of aromatic nitrogens is 2. The molecule has 2 aliphatic heterocycles.